The van der Waals surface area contributed by atoms with E-state index in [1.54, 1.807) is 4.90 Å². The Hall–Kier alpha value is -2.53. The first-order valence-corrected chi connectivity index (χ1v) is 8.65. The Balaban J connectivity index is 1.68. The number of hydrogen-bond donors (Lipinski definition) is 2. The number of aliphatic hydroxyl groups is 1. The predicted octanol–water partition coefficient (Wildman–Crippen LogP) is 3.67. The molecule has 0 aliphatic carbocycles. The Morgan fingerprint density at radius 3 is 2.68 bits per heavy atom. The fourth-order valence-electron chi connectivity index (χ4n) is 3.02. The number of nitrogens with zero attached hydrogens (tertiary/aromatic N) is 1. The van der Waals surface area contributed by atoms with Crippen molar-refractivity contribution >= 4 is 11.7 Å². The van der Waals surface area contributed by atoms with E-state index in [1.165, 1.54) is 0 Å². The third-order valence-corrected chi connectivity index (χ3v) is 4.53. The standard InChI is InChI=1S/C20H24N2O3/c1-15(17-7-3-2-4-8-17)25-19-10-6-5-9-18(19)21-20(24)22-12-11-16(13-22)14-23/h2-10,15-16,23H,11-14H2,1H3,(H,21,24). The molecule has 2 aromatic rings. The molecule has 1 heterocycles. The molecule has 25 heavy (non-hydrogen) atoms. The predicted molar refractivity (Wildman–Crippen MR) is 97.7 cm³/mol. The molecule has 0 bridgehead atoms. The summed E-state index contributed by atoms with van der Waals surface area (Å²) in [6.07, 6.45) is 0.720. The molecule has 1 aliphatic rings. The molecule has 3 rings (SSSR count). The van der Waals surface area contributed by atoms with E-state index >= 15 is 0 Å². The second-order valence-electron chi connectivity index (χ2n) is 6.38. The Kier molecular flexibility index (Phi) is 5.56. The molecule has 0 saturated carbocycles. The number of benzene rings is 2. The maximum absolute atomic E-state index is 12.5. The number of urea groups is 1. The van der Waals surface area contributed by atoms with Gasteiger partial charge in [0.15, 0.2) is 0 Å². The van der Waals surface area contributed by atoms with Crippen LogP contribution in [0.5, 0.6) is 5.75 Å². The van der Waals surface area contributed by atoms with Crippen LogP contribution in [-0.2, 0) is 0 Å². The average molecular weight is 340 g/mol. The van der Waals surface area contributed by atoms with Crippen molar-refractivity contribution in [3.63, 3.8) is 0 Å². The maximum atomic E-state index is 12.5. The molecule has 2 amide bonds. The zero-order valence-corrected chi connectivity index (χ0v) is 14.4. The van der Waals surface area contributed by atoms with Gasteiger partial charge in [-0.2, -0.15) is 0 Å². The van der Waals surface area contributed by atoms with Crippen LogP contribution < -0.4 is 10.1 Å². The van der Waals surface area contributed by atoms with Gasteiger partial charge in [0.2, 0.25) is 0 Å². The molecule has 2 N–H and O–H groups in total. The van der Waals surface area contributed by atoms with Crippen LogP contribution in [0, 0.1) is 5.92 Å². The molecule has 1 saturated heterocycles. The zero-order chi connectivity index (χ0) is 17.6. The maximum Gasteiger partial charge on any atom is 0.321 e. The minimum absolute atomic E-state index is 0.121. The van der Waals surface area contributed by atoms with Crippen LogP contribution in [0.4, 0.5) is 10.5 Å². The van der Waals surface area contributed by atoms with Crippen LogP contribution in [0.2, 0.25) is 0 Å². The third kappa shape index (κ3) is 4.31. The number of ether oxygens (including phenoxy) is 1. The number of rotatable bonds is 5. The molecule has 1 fully saturated rings. The molecule has 0 radical (unpaired) electrons. The second kappa shape index (κ2) is 8.03. The molecule has 1 aliphatic heterocycles. The van der Waals surface area contributed by atoms with Gasteiger partial charge in [0.25, 0.3) is 0 Å². The first-order chi connectivity index (χ1) is 12.2. The van der Waals surface area contributed by atoms with Crippen molar-refractivity contribution in [3.05, 3.63) is 60.2 Å². The van der Waals surface area contributed by atoms with Gasteiger partial charge >= 0.3 is 6.03 Å². The molecule has 2 atom stereocenters. The van der Waals surface area contributed by atoms with Gasteiger partial charge in [-0.25, -0.2) is 4.79 Å². The Labute approximate surface area is 148 Å². The highest BCUT2D eigenvalue weighted by molar-refractivity contribution is 5.91. The van der Waals surface area contributed by atoms with Crippen molar-refractivity contribution < 1.29 is 14.6 Å². The Morgan fingerprint density at radius 2 is 1.96 bits per heavy atom. The van der Waals surface area contributed by atoms with Crippen molar-refractivity contribution in [2.24, 2.45) is 5.92 Å². The lowest BCUT2D eigenvalue weighted by atomic mass is 10.1. The third-order valence-electron chi connectivity index (χ3n) is 4.53. The van der Waals surface area contributed by atoms with Gasteiger partial charge in [0.05, 0.1) is 5.69 Å². The number of carbonyl (C=O) groups excluding carboxylic acids is 1. The van der Waals surface area contributed by atoms with Crippen molar-refractivity contribution in [2.75, 3.05) is 25.0 Å². The molecule has 132 valence electrons. The van der Waals surface area contributed by atoms with Crippen molar-refractivity contribution in [3.8, 4) is 5.75 Å². The first-order valence-electron chi connectivity index (χ1n) is 8.65. The number of amides is 2. The number of hydrogen-bond acceptors (Lipinski definition) is 3. The Morgan fingerprint density at radius 1 is 1.24 bits per heavy atom. The van der Waals surface area contributed by atoms with E-state index < -0.39 is 0 Å². The van der Waals surface area contributed by atoms with Crippen LogP contribution in [0.1, 0.15) is 25.0 Å². The van der Waals surface area contributed by atoms with Gasteiger partial charge in [-0.05, 0) is 31.0 Å². The van der Waals surface area contributed by atoms with Crippen molar-refractivity contribution in [1.29, 1.82) is 0 Å². The summed E-state index contributed by atoms with van der Waals surface area (Å²) in [6, 6.07) is 17.3. The summed E-state index contributed by atoms with van der Waals surface area (Å²) in [4.78, 5) is 14.2. The van der Waals surface area contributed by atoms with Gasteiger partial charge in [-0.15, -0.1) is 0 Å². The van der Waals surface area contributed by atoms with Gasteiger partial charge in [0, 0.05) is 25.6 Å². The van der Waals surface area contributed by atoms with Gasteiger partial charge in [-0.1, -0.05) is 42.5 Å². The van der Waals surface area contributed by atoms with Crippen molar-refractivity contribution in [1.82, 2.24) is 4.90 Å². The molecule has 5 heteroatoms. The number of para-hydroxylation sites is 2. The lowest BCUT2D eigenvalue weighted by Gasteiger charge is -2.21. The fraction of sp³-hybridized carbons (Fsp3) is 0.350. The molecule has 2 aromatic carbocycles. The van der Waals surface area contributed by atoms with Gasteiger partial charge < -0.3 is 20.1 Å². The number of anilines is 1. The SMILES string of the molecule is CC(Oc1ccccc1NC(=O)N1CCC(CO)C1)c1ccccc1. The number of nitrogens with one attached hydrogen (secondary N) is 1. The van der Waals surface area contributed by atoms with Crippen LogP contribution in [0.15, 0.2) is 54.6 Å². The largest absolute Gasteiger partial charge is 0.484 e. The topological polar surface area (TPSA) is 61.8 Å². The summed E-state index contributed by atoms with van der Waals surface area (Å²) >= 11 is 0. The monoisotopic (exact) mass is 340 g/mol. The highest BCUT2D eigenvalue weighted by Gasteiger charge is 2.26. The van der Waals surface area contributed by atoms with Crippen LogP contribution >= 0.6 is 0 Å². The molecule has 2 unspecified atom stereocenters. The van der Waals surface area contributed by atoms with E-state index in [-0.39, 0.29) is 24.7 Å². The molecular formula is C20H24N2O3. The average Bonchev–Trinajstić information content (AvgIpc) is 3.13. The van der Waals surface area contributed by atoms with E-state index in [0.29, 0.717) is 24.5 Å². The molecule has 0 aromatic heterocycles. The highest BCUT2D eigenvalue weighted by atomic mass is 16.5. The quantitative estimate of drug-likeness (QED) is 0.873. The lowest BCUT2D eigenvalue weighted by Crippen LogP contribution is -2.33. The minimum Gasteiger partial charge on any atom is -0.484 e. The molecular weight excluding hydrogens is 316 g/mol. The van der Waals surface area contributed by atoms with Gasteiger partial charge in [-0.3, -0.25) is 0 Å². The number of aliphatic hydroxyl groups excluding tert-OH is 1. The molecule has 0 spiro atoms. The normalized spacial score (nSPS) is 18.0. The van der Waals surface area contributed by atoms with E-state index in [4.69, 9.17) is 4.74 Å². The minimum atomic E-state index is -0.153. The van der Waals surface area contributed by atoms with E-state index in [0.717, 1.165) is 12.0 Å². The summed E-state index contributed by atoms with van der Waals surface area (Å²) in [5.74, 6) is 0.820. The second-order valence-corrected chi connectivity index (χ2v) is 6.38. The number of likely N-dealkylation sites (tertiary alicyclic amines) is 1. The van der Waals surface area contributed by atoms with E-state index in [1.807, 2.05) is 61.5 Å². The summed E-state index contributed by atoms with van der Waals surface area (Å²) in [7, 11) is 0. The van der Waals surface area contributed by atoms with Crippen LogP contribution in [-0.4, -0.2) is 35.7 Å². The van der Waals surface area contributed by atoms with Crippen molar-refractivity contribution in [2.45, 2.75) is 19.4 Å². The Bertz CT molecular complexity index is 705. The highest BCUT2D eigenvalue weighted by Crippen LogP contribution is 2.29. The van der Waals surface area contributed by atoms with E-state index in [2.05, 4.69) is 5.32 Å². The van der Waals surface area contributed by atoms with E-state index in [9.17, 15) is 9.90 Å². The fourth-order valence-corrected chi connectivity index (χ4v) is 3.02. The summed E-state index contributed by atoms with van der Waals surface area (Å²) < 4.78 is 6.06. The van der Waals surface area contributed by atoms with Crippen LogP contribution in [0.25, 0.3) is 0 Å². The summed E-state index contributed by atoms with van der Waals surface area (Å²) in [5.41, 5.74) is 1.73. The summed E-state index contributed by atoms with van der Waals surface area (Å²) in [5, 5.41) is 12.2. The molecule has 5 nitrogen and oxygen atoms in total. The smallest absolute Gasteiger partial charge is 0.321 e. The zero-order valence-electron chi connectivity index (χ0n) is 14.4. The lowest BCUT2D eigenvalue weighted by molar-refractivity contribution is 0.208. The first kappa shape index (κ1) is 17.3. The van der Waals surface area contributed by atoms with Crippen LogP contribution in [0.3, 0.4) is 0 Å². The number of carbonyl (C=O) groups is 1. The summed E-state index contributed by atoms with van der Waals surface area (Å²) in [6.45, 7) is 3.37. The van der Waals surface area contributed by atoms with Gasteiger partial charge in [0.1, 0.15) is 11.9 Å².